The van der Waals surface area contributed by atoms with Crippen LogP contribution in [0.3, 0.4) is 0 Å². The number of aliphatic carboxylic acids is 1. The van der Waals surface area contributed by atoms with Gasteiger partial charge in [0.2, 0.25) is 5.91 Å². The van der Waals surface area contributed by atoms with Crippen LogP contribution in [0.1, 0.15) is 40.0 Å². The number of carboxylic acid groups (broad SMARTS) is 1. The Bertz CT molecular complexity index is 312. The molecule has 0 aliphatic heterocycles. The summed E-state index contributed by atoms with van der Waals surface area (Å²) in [6.45, 7) is 5.05. The molecule has 5 heteroatoms. The lowest BCUT2D eigenvalue weighted by Gasteiger charge is -2.31. The minimum atomic E-state index is -0.905. The van der Waals surface area contributed by atoms with Gasteiger partial charge in [-0.25, -0.2) is 0 Å². The Morgan fingerprint density at radius 2 is 1.82 bits per heavy atom. The fraction of sp³-hybridized carbons (Fsp3) is 0.833. The van der Waals surface area contributed by atoms with E-state index in [9.17, 15) is 14.7 Å². The van der Waals surface area contributed by atoms with E-state index in [1.54, 1.807) is 20.8 Å². The SMILES string of the molecule is CC(O)C(C)(C)NC(=O)[C@@H]1CCC[C@@H]1C(=O)O. The van der Waals surface area contributed by atoms with Crippen molar-refractivity contribution in [3.63, 3.8) is 0 Å². The number of aliphatic hydroxyl groups is 1. The summed E-state index contributed by atoms with van der Waals surface area (Å²) >= 11 is 0. The van der Waals surface area contributed by atoms with Gasteiger partial charge < -0.3 is 15.5 Å². The van der Waals surface area contributed by atoms with E-state index in [-0.39, 0.29) is 5.91 Å². The molecule has 98 valence electrons. The molecule has 0 saturated heterocycles. The number of carbonyl (C=O) groups is 2. The van der Waals surface area contributed by atoms with E-state index >= 15 is 0 Å². The number of nitrogens with one attached hydrogen (secondary N) is 1. The topological polar surface area (TPSA) is 86.6 Å². The molecule has 0 spiro atoms. The first-order valence-electron chi connectivity index (χ1n) is 5.98. The number of carboxylic acids is 1. The third-order valence-corrected chi connectivity index (χ3v) is 3.66. The largest absolute Gasteiger partial charge is 0.481 e. The van der Waals surface area contributed by atoms with Crippen LogP contribution in [-0.4, -0.2) is 33.7 Å². The van der Waals surface area contributed by atoms with Crippen LogP contribution in [0.25, 0.3) is 0 Å². The van der Waals surface area contributed by atoms with E-state index in [0.29, 0.717) is 12.8 Å². The maximum atomic E-state index is 12.0. The highest BCUT2D eigenvalue weighted by Gasteiger charge is 2.39. The zero-order valence-corrected chi connectivity index (χ0v) is 10.6. The van der Waals surface area contributed by atoms with Gasteiger partial charge in [-0.3, -0.25) is 9.59 Å². The number of hydrogen-bond acceptors (Lipinski definition) is 3. The molecule has 0 heterocycles. The molecule has 0 aromatic rings. The van der Waals surface area contributed by atoms with Crippen molar-refractivity contribution < 1.29 is 19.8 Å². The summed E-state index contributed by atoms with van der Waals surface area (Å²) in [5.41, 5.74) is -0.733. The van der Waals surface area contributed by atoms with Crippen molar-refractivity contribution >= 4 is 11.9 Å². The van der Waals surface area contributed by atoms with Gasteiger partial charge in [0.25, 0.3) is 0 Å². The first kappa shape index (κ1) is 14.0. The van der Waals surface area contributed by atoms with Gasteiger partial charge >= 0.3 is 5.97 Å². The van der Waals surface area contributed by atoms with E-state index in [1.165, 1.54) is 0 Å². The average Bonchev–Trinajstić information content (AvgIpc) is 2.64. The van der Waals surface area contributed by atoms with Crippen LogP contribution in [0.5, 0.6) is 0 Å². The Balaban J connectivity index is 2.67. The third kappa shape index (κ3) is 3.19. The van der Waals surface area contributed by atoms with Crippen LogP contribution in [0.4, 0.5) is 0 Å². The molecule has 0 aromatic heterocycles. The number of amides is 1. The van der Waals surface area contributed by atoms with Gasteiger partial charge in [-0.1, -0.05) is 6.42 Å². The molecule has 17 heavy (non-hydrogen) atoms. The lowest BCUT2D eigenvalue weighted by atomic mass is 9.92. The third-order valence-electron chi connectivity index (χ3n) is 3.66. The highest BCUT2D eigenvalue weighted by Crippen LogP contribution is 2.32. The van der Waals surface area contributed by atoms with Gasteiger partial charge in [-0.2, -0.15) is 0 Å². The second-order valence-electron chi connectivity index (χ2n) is 5.37. The Labute approximate surface area is 101 Å². The molecule has 0 bridgehead atoms. The molecular formula is C12H21NO4. The smallest absolute Gasteiger partial charge is 0.307 e. The number of aliphatic hydroxyl groups excluding tert-OH is 1. The van der Waals surface area contributed by atoms with Crippen LogP contribution < -0.4 is 5.32 Å². The van der Waals surface area contributed by atoms with Gasteiger partial charge in [-0.15, -0.1) is 0 Å². The van der Waals surface area contributed by atoms with Gasteiger partial charge in [0.1, 0.15) is 0 Å². The van der Waals surface area contributed by atoms with Gasteiger partial charge in [0.05, 0.1) is 23.5 Å². The zero-order chi connectivity index (χ0) is 13.2. The number of carbonyl (C=O) groups excluding carboxylic acids is 1. The van der Waals surface area contributed by atoms with E-state index in [4.69, 9.17) is 5.11 Å². The molecule has 3 N–H and O–H groups in total. The first-order valence-corrected chi connectivity index (χ1v) is 5.98. The van der Waals surface area contributed by atoms with Crippen molar-refractivity contribution in [2.45, 2.75) is 51.7 Å². The molecule has 1 rings (SSSR count). The Morgan fingerprint density at radius 1 is 1.29 bits per heavy atom. The Hall–Kier alpha value is -1.10. The monoisotopic (exact) mass is 243 g/mol. The van der Waals surface area contributed by atoms with E-state index < -0.39 is 29.4 Å². The fourth-order valence-corrected chi connectivity index (χ4v) is 2.08. The quantitative estimate of drug-likeness (QED) is 0.680. The molecule has 1 aliphatic rings. The summed E-state index contributed by atoms with van der Waals surface area (Å²) < 4.78 is 0. The highest BCUT2D eigenvalue weighted by atomic mass is 16.4. The van der Waals surface area contributed by atoms with E-state index in [0.717, 1.165) is 6.42 Å². The second kappa shape index (κ2) is 5.04. The van der Waals surface area contributed by atoms with Crippen LogP contribution in [0.15, 0.2) is 0 Å². The molecule has 3 atom stereocenters. The van der Waals surface area contributed by atoms with Crippen molar-refractivity contribution in [1.29, 1.82) is 0 Å². The molecule has 1 amide bonds. The predicted molar refractivity (Wildman–Crippen MR) is 62.4 cm³/mol. The van der Waals surface area contributed by atoms with Gasteiger partial charge in [0, 0.05) is 0 Å². The van der Waals surface area contributed by atoms with Crippen LogP contribution in [-0.2, 0) is 9.59 Å². The molecular weight excluding hydrogens is 222 g/mol. The van der Waals surface area contributed by atoms with Crippen molar-refractivity contribution in [3.05, 3.63) is 0 Å². The summed E-state index contributed by atoms with van der Waals surface area (Å²) in [7, 11) is 0. The molecule has 1 saturated carbocycles. The first-order chi connectivity index (χ1) is 7.75. The second-order valence-corrected chi connectivity index (χ2v) is 5.37. The summed E-state index contributed by atoms with van der Waals surface area (Å²) in [6, 6.07) is 0. The maximum absolute atomic E-state index is 12.0. The number of hydrogen-bond donors (Lipinski definition) is 3. The molecule has 1 aliphatic carbocycles. The van der Waals surface area contributed by atoms with E-state index in [2.05, 4.69) is 5.32 Å². The Morgan fingerprint density at radius 3 is 2.29 bits per heavy atom. The molecule has 5 nitrogen and oxygen atoms in total. The van der Waals surface area contributed by atoms with Crippen molar-refractivity contribution in [1.82, 2.24) is 5.32 Å². The van der Waals surface area contributed by atoms with Gasteiger partial charge in [0.15, 0.2) is 0 Å². The maximum Gasteiger partial charge on any atom is 0.307 e. The van der Waals surface area contributed by atoms with Crippen molar-refractivity contribution in [2.24, 2.45) is 11.8 Å². The summed E-state index contributed by atoms with van der Waals surface area (Å²) in [6.07, 6.45) is 1.25. The molecule has 1 fully saturated rings. The average molecular weight is 243 g/mol. The van der Waals surface area contributed by atoms with Crippen LogP contribution >= 0.6 is 0 Å². The Kier molecular flexibility index (Phi) is 4.14. The molecule has 0 radical (unpaired) electrons. The molecule has 0 aromatic carbocycles. The normalized spacial score (nSPS) is 26.6. The zero-order valence-electron chi connectivity index (χ0n) is 10.6. The summed E-state index contributed by atoms with van der Waals surface area (Å²) in [5, 5.41) is 21.3. The minimum Gasteiger partial charge on any atom is -0.481 e. The van der Waals surface area contributed by atoms with E-state index in [1.807, 2.05) is 0 Å². The minimum absolute atomic E-state index is 0.263. The summed E-state index contributed by atoms with van der Waals surface area (Å²) in [5.74, 6) is -2.22. The van der Waals surface area contributed by atoms with Crippen molar-refractivity contribution in [2.75, 3.05) is 0 Å². The van der Waals surface area contributed by atoms with Gasteiger partial charge in [-0.05, 0) is 33.6 Å². The lowest BCUT2D eigenvalue weighted by Crippen LogP contribution is -2.53. The number of rotatable bonds is 4. The highest BCUT2D eigenvalue weighted by molar-refractivity contribution is 5.85. The van der Waals surface area contributed by atoms with Crippen LogP contribution in [0.2, 0.25) is 0 Å². The standard InChI is InChI=1S/C12H21NO4/c1-7(14)12(2,3)13-10(15)8-5-4-6-9(8)11(16)17/h7-9,14H,4-6H2,1-3H3,(H,13,15)(H,16,17)/t7?,8-,9+/m1/s1. The molecule has 1 unspecified atom stereocenters. The predicted octanol–water partition coefficient (Wildman–Crippen LogP) is 0.763. The summed E-state index contributed by atoms with van der Waals surface area (Å²) in [4.78, 5) is 23.0. The van der Waals surface area contributed by atoms with Crippen LogP contribution in [0, 0.1) is 11.8 Å². The fourth-order valence-electron chi connectivity index (χ4n) is 2.08. The van der Waals surface area contributed by atoms with Crippen molar-refractivity contribution in [3.8, 4) is 0 Å². The lowest BCUT2D eigenvalue weighted by molar-refractivity contribution is -0.146.